The third-order valence-electron chi connectivity index (χ3n) is 4.90. The van der Waals surface area contributed by atoms with E-state index in [4.69, 9.17) is 0 Å². The Labute approximate surface area is 185 Å². The number of hydrogen-bond donors (Lipinski definition) is 2. The fourth-order valence-electron chi connectivity index (χ4n) is 3.11. The first-order valence-electron chi connectivity index (χ1n) is 9.65. The lowest BCUT2D eigenvalue weighted by Crippen LogP contribution is -2.17. The molecule has 2 heterocycles. The summed E-state index contributed by atoms with van der Waals surface area (Å²) in [6, 6.07) is 10.6. The lowest BCUT2D eigenvalue weighted by Gasteiger charge is -2.13. The number of aromatic nitrogens is 4. The monoisotopic (exact) mass is 454 g/mol. The maximum absolute atomic E-state index is 12.8. The zero-order valence-electron chi connectivity index (χ0n) is 17.4. The third-order valence-corrected chi connectivity index (χ3v) is 4.90. The van der Waals surface area contributed by atoms with Gasteiger partial charge in [-0.25, -0.2) is 15.0 Å². The molecule has 0 saturated heterocycles. The number of rotatable bonds is 4. The molecule has 0 saturated carbocycles. The number of benzene rings is 2. The fraction of sp³-hybridized carbons (Fsp3) is 0.136. The number of aryl methyl sites for hydroxylation is 2. The molecule has 8 nitrogen and oxygen atoms in total. The van der Waals surface area contributed by atoms with Gasteiger partial charge in [-0.05, 0) is 42.8 Å². The van der Waals surface area contributed by atoms with Crippen LogP contribution >= 0.6 is 0 Å². The normalized spacial score (nSPS) is 11.4. The van der Waals surface area contributed by atoms with Gasteiger partial charge in [0.15, 0.2) is 0 Å². The number of amides is 1. The van der Waals surface area contributed by atoms with E-state index in [-0.39, 0.29) is 16.9 Å². The molecule has 33 heavy (non-hydrogen) atoms. The van der Waals surface area contributed by atoms with E-state index in [0.717, 1.165) is 11.9 Å². The van der Waals surface area contributed by atoms with E-state index in [0.29, 0.717) is 28.3 Å². The standard InChI is InChI=1S/C22H17F3N6O2/c1-12-3-4-13(20(32)30-19-9-18(22(23,24)25)26-10-27-19)7-17(12)29-14-5-6-16-15(8-14)21(33)31(2)11-28-16/h3-11,29H,1-2H3,(H,26,27,30,32). The van der Waals surface area contributed by atoms with Gasteiger partial charge in [-0.1, -0.05) is 6.07 Å². The molecular weight excluding hydrogens is 437 g/mol. The zero-order valence-corrected chi connectivity index (χ0v) is 17.4. The largest absolute Gasteiger partial charge is 0.433 e. The molecule has 11 heteroatoms. The Morgan fingerprint density at radius 1 is 1.03 bits per heavy atom. The van der Waals surface area contributed by atoms with Crippen molar-refractivity contribution in [2.45, 2.75) is 13.1 Å². The van der Waals surface area contributed by atoms with Crippen molar-refractivity contribution in [3.8, 4) is 0 Å². The summed E-state index contributed by atoms with van der Waals surface area (Å²) in [7, 11) is 1.61. The SMILES string of the molecule is Cc1ccc(C(=O)Nc2cc(C(F)(F)F)ncn2)cc1Nc1ccc2ncn(C)c(=O)c2c1. The predicted molar refractivity (Wildman–Crippen MR) is 116 cm³/mol. The Morgan fingerprint density at radius 3 is 2.58 bits per heavy atom. The molecule has 0 aliphatic carbocycles. The molecule has 0 unspecified atom stereocenters. The van der Waals surface area contributed by atoms with Crippen LogP contribution in [0, 0.1) is 6.92 Å². The Balaban J connectivity index is 1.59. The average molecular weight is 454 g/mol. The maximum atomic E-state index is 12.8. The molecule has 2 aromatic heterocycles. The molecule has 0 aliphatic heterocycles. The average Bonchev–Trinajstić information content (AvgIpc) is 2.77. The highest BCUT2D eigenvalue weighted by atomic mass is 19.4. The number of carbonyl (C=O) groups is 1. The minimum absolute atomic E-state index is 0.198. The molecule has 4 aromatic rings. The van der Waals surface area contributed by atoms with Gasteiger partial charge >= 0.3 is 6.18 Å². The van der Waals surface area contributed by atoms with E-state index in [1.54, 1.807) is 43.4 Å². The van der Waals surface area contributed by atoms with Crippen LogP contribution in [0.25, 0.3) is 10.9 Å². The molecular formula is C22H17F3N6O2. The molecule has 4 rings (SSSR count). The van der Waals surface area contributed by atoms with Gasteiger partial charge in [-0.2, -0.15) is 13.2 Å². The first-order chi connectivity index (χ1) is 15.6. The number of halogens is 3. The molecule has 0 radical (unpaired) electrons. The van der Waals surface area contributed by atoms with Crippen LogP contribution in [0.3, 0.4) is 0 Å². The fourth-order valence-corrected chi connectivity index (χ4v) is 3.11. The number of alkyl halides is 3. The van der Waals surface area contributed by atoms with Gasteiger partial charge in [0.25, 0.3) is 11.5 Å². The molecule has 0 aliphatic rings. The lowest BCUT2D eigenvalue weighted by molar-refractivity contribution is -0.141. The smallest absolute Gasteiger partial charge is 0.355 e. The summed E-state index contributed by atoms with van der Waals surface area (Å²) in [4.78, 5) is 36.0. The van der Waals surface area contributed by atoms with Crippen molar-refractivity contribution < 1.29 is 18.0 Å². The van der Waals surface area contributed by atoms with Gasteiger partial charge < -0.3 is 15.2 Å². The van der Waals surface area contributed by atoms with Crippen molar-refractivity contribution in [1.29, 1.82) is 0 Å². The highest BCUT2D eigenvalue weighted by Gasteiger charge is 2.33. The summed E-state index contributed by atoms with van der Waals surface area (Å²) in [6.45, 7) is 1.83. The summed E-state index contributed by atoms with van der Waals surface area (Å²) in [6.07, 6.45) is -2.47. The molecule has 168 valence electrons. The van der Waals surface area contributed by atoms with Crippen LogP contribution in [-0.4, -0.2) is 25.4 Å². The van der Waals surface area contributed by atoms with Gasteiger partial charge in [0.1, 0.15) is 17.8 Å². The van der Waals surface area contributed by atoms with Crippen LogP contribution in [0.1, 0.15) is 21.6 Å². The molecule has 2 N–H and O–H groups in total. The van der Waals surface area contributed by atoms with Gasteiger partial charge in [-0.3, -0.25) is 9.59 Å². The first-order valence-corrected chi connectivity index (χ1v) is 9.65. The molecule has 0 fully saturated rings. The van der Waals surface area contributed by atoms with Crippen molar-refractivity contribution >= 4 is 34.0 Å². The second-order valence-electron chi connectivity index (χ2n) is 7.29. The molecule has 0 bridgehead atoms. The van der Waals surface area contributed by atoms with Gasteiger partial charge in [0.05, 0.1) is 17.2 Å². The number of nitrogens with one attached hydrogen (secondary N) is 2. The minimum Gasteiger partial charge on any atom is -0.355 e. The second kappa shape index (κ2) is 8.34. The van der Waals surface area contributed by atoms with E-state index in [9.17, 15) is 22.8 Å². The van der Waals surface area contributed by atoms with E-state index in [1.165, 1.54) is 10.9 Å². The van der Waals surface area contributed by atoms with Crippen LogP contribution in [0.5, 0.6) is 0 Å². The van der Waals surface area contributed by atoms with Crippen molar-refractivity contribution in [3.63, 3.8) is 0 Å². The quantitative estimate of drug-likeness (QED) is 0.483. The van der Waals surface area contributed by atoms with Crippen LogP contribution < -0.4 is 16.2 Å². The highest BCUT2D eigenvalue weighted by Crippen LogP contribution is 2.28. The van der Waals surface area contributed by atoms with Crippen molar-refractivity contribution in [3.05, 3.63) is 82.3 Å². The summed E-state index contributed by atoms with van der Waals surface area (Å²) >= 11 is 0. The van der Waals surface area contributed by atoms with Gasteiger partial charge in [0, 0.05) is 30.1 Å². The van der Waals surface area contributed by atoms with Crippen molar-refractivity contribution in [1.82, 2.24) is 19.5 Å². The summed E-state index contributed by atoms with van der Waals surface area (Å²) in [5.74, 6) is -0.906. The Morgan fingerprint density at radius 2 is 1.82 bits per heavy atom. The number of anilines is 3. The van der Waals surface area contributed by atoms with Gasteiger partial charge in [0.2, 0.25) is 0 Å². The Hall–Kier alpha value is -4.28. The number of hydrogen-bond acceptors (Lipinski definition) is 6. The van der Waals surface area contributed by atoms with Crippen molar-refractivity contribution in [2.24, 2.45) is 7.05 Å². The summed E-state index contributed by atoms with van der Waals surface area (Å²) < 4.78 is 39.9. The topological polar surface area (TPSA) is 102 Å². The Kier molecular flexibility index (Phi) is 5.54. The minimum atomic E-state index is -4.65. The van der Waals surface area contributed by atoms with E-state index in [1.807, 2.05) is 6.92 Å². The zero-order chi connectivity index (χ0) is 23.8. The number of nitrogens with zero attached hydrogens (tertiary/aromatic N) is 4. The molecule has 2 aromatic carbocycles. The predicted octanol–water partition coefficient (Wildman–Crippen LogP) is 4.05. The molecule has 0 atom stereocenters. The summed E-state index contributed by atoms with van der Waals surface area (Å²) in [5.41, 5.74) is 1.41. The van der Waals surface area contributed by atoms with E-state index in [2.05, 4.69) is 25.6 Å². The molecule has 0 spiro atoms. The van der Waals surface area contributed by atoms with Crippen molar-refractivity contribution in [2.75, 3.05) is 10.6 Å². The van der Waals surface area contributed by atoms with E-state index >= 15 is 0 Å². The van der Waals surface area contributed by atoms with Gasteiger partial charge in [-0.15, -0.1) is 0 Å². The summed E-state index contributed by atoms with van der Waals surface area (Å²) in [5, 5.41) is 5.95. The van der Waals surface area contributed by atoms with Crippen LogP contribution in [-0.2, 0) is 13.2 Å². The highest BCUT2D eigenvalue weighted by molar-refractivity contribution is 6.04. The number of carbonyl (C=O) groups excluding carboxylic acids is 1. The lowest BCUT2D eigenvalue weighted by atomic mass is 10.1. The maximum Gasteiger partial charge on any atom is 0.433 e. The number of fused-ring (bicyclic) bond motifs is 1. The Bertz CT molecular complexity index is 1430. The third kappa shape index (κ3) is 4.66. The first kappa shape index (κ1) is 21.9. The second-order valence-corrected chi connectivity index (χ2v) is 7.29. The van der Waals surface area contributed by atoms with Crippen LogP contribution in [0.15, 0.2) is 59.9 Å². The van der Waals surface area contributed by atoms with Crippen LogP contribution in [0.2, 0.25) is 0 Å². The van der Waals surface area contributed by atoms with Crippen LogP contribution in [0.4, 0.5) is 30.4 Å². The van der Waals surface area contributed by atoms with E-state index < -0.39 is 17.8 Å². The molecule has 1 amide bonds.